The SMILES string of the molecule is O=C(c1ccc(Cl)c(S(=O)(=O)N2CCCCC2)c1)N1CCC(c2nc3ccccc3o2)CC1. The quantitative estimate of drug-likeness (QED) is 0.533. The number of para-hydroxylation sites is 2. The minimum atomic E-state index is -3.73. The lowest BCUT2D eigenvalue weighted by atomic mass is 9.96. The van der Waals surface area contributed by atoms with E-state index in [0.29, 0.717) is 37.6 Å². The predicted octanol–water partition coefficient (Wildman–Crippen LogP) is 4.68. The van der Waals surface area contributed by atoms with Crippen LogP contribution in [-0.4, -0.2) is 54.7 Å². The van der Waals surface area contributed by atoms with Crippen molar-refractivity contribution in [1.82, 2.24) is 14.2 Å². The van der Waals surface area contributed by atoms with Gasteiger partial charge in [0, 0.05) is 37.7 Å². The molecule has 2 aliphatic rings. The number of carbonyl (C=O) groups is 1. The number of hydrogen-bond acceptors (Lipinski definition) is 5. The van der Waals surface area contributed by atoms with Gasteiger partial charge in [0.05, 0.1) is 5.02 Å². The van der Waals surface area contributed by atoms with Gasteiger partial charge in [-0.25, -0.2) is 13.4 Å². The van der Waals surface area contributed by atoms with Gasteiger partial charge in [-0.1, -0.05) is 30.2 Å². The number of fused-ring (bicyclic) bond motifs is 1. The van der Waals surface area contributed by atoms with E-state index in [1.807, 2.05) is 24.3 Å². The lowest BCUT2D eigenvalue weighted by Gasteiger charge is -2.31. The third-order valence-electron chi connectivity index (χ3n) is 6.55. The fourth-order valence-electron chi connectivity index (χ4n) is 4.66. The average molecular weight is 488 g/mol. The van der Waals surface area contributed by atoms with Crippen LogP contribution in [0.2, 0.25) is 5.02 Å². The molecule has 1 aromatic heterocycles. The van der Waals surface area contributed by atoms with E-state index in [1.54, 1.807) is 11.0 Å². The smallest absolute Gasteiger partial charge is 0.253 e. The van der Waals surface area contributed by atoms with Gasteiger partial charge >= 0.3 is 0 Å². The van der Waals surface area contributed by atoms with E-state index in [4.69, 9.17) is 16.0 Å². The molecule has 0 unspecified atom stereocenters. The molecule has 7 nitrogen and oxygen atoms in total. The Morgan fingerprint density at radius 3 is 2.45 bits per heavy atom. The molecule has 5 rings (SSSR count). The van der Waals surface area contributed by atoms with E-state index in [9.17, 15) is 13.2 Å². The molecule has 3 aromatic rings. The summed E-state index contributed by atoms with van der Waals surface area (Å²) in [6.45, 7) is 2.08. The highest BCUT2D eigenvalue weighted by atomic mass is 35.5. The molecule has 2 aliphatic heterocycles. The highest BCUT2D eigenvalue weighted by Gasteiger charge is 2.31. The van der Waals surface area contributed by atoms with Crippen LogP contribution in [0.25, 0.3) is 11.1 Å². The van der Waals surface area contributed by atoms with Crippen molar-refractivity contribution in [2.75, 3.05) is 26.2 Å². The van der Waals surface area contributed by atoms with Crippen LogP contribution in [0, 0.1) is 0 Å². The Bertz CT molecular complexity index is 1240. The van der Waals surface area contributed by atoms with E-state index in [-0.39, 0.29) is 21.7 Å². The summed E-state index contributed by atoms with van der Waals surface area (Å²) >= 11 is 6.26. The van der Waals surface area contributed by atoms with Crippen molar-refractivity contribution >= 4 is 38.6 Å². The van der Waals surface area contributed by atoms with Crippen molar-refractivity contribution in [1.29, 1.82) is 0 Å². The minimum Gasteiger partial charge on any atom is -0.440 e. The van der Waals surface area contributed by atoms with Crippen molar-refractivity contribution < 1.29 is 17.6 Å². The highest BCUT2D eigenvalue weighted by Crippen LogP contribution is 2.32. The van der Waals surface area contributed by atoms with Crippen molar-refractivity contribution in [3.05, 3.63) is 58.9 Å². The predicted molar refractivity (Wildman–Crippen MR) is 126 cm³/mol. The van der Waals surface area contributed by atoms with Crippen LogP contribution in [-0.2, 0) is 10.0 Å². The second-order valence-corrected chi connectivity index (χ2v) is 11.0. The molecule has 174 valence electrons. The maximum Gasteiger partial charge on any atom is 0.253 e. The maximum atomic E-state index is 13.2. The standard InChI is InChI=1S/C24H26ClN3O4S/c25-19-9-8-18(16-22(19)33(30,31)28-12-4-1-5-13-28)24(29)27-14-10-17(11-15-27)23-26-20-6-2-3-7-21(20)32-23/h2-3,6-9,16-17H,1,4-5,10-15H2. The second-order valence-electron chi connectivity index (χ2n) is 8.70. The maximum absolute atomic E-state index is 13.2. The number of oxazole rings is 1. The van der Waals surface area contributed by atoms with E-state index in [2.05, 4.69) is 4.98 Å². The second kappa shape index (κ2) is 9.08. The number of amides is 1. The van der Waals surface area contributed by atoms with Gasteiger partial charge in [0.1, 0.15) is 10.4 Å². The third-order valence-corrected chi connectivity index (χ3v) is 8.93. The molecule has 2 aromatic carbocycles. The summed E-state index contributed by atoms with van der Waals surface area (Å²) in [4.78, 5) is 19.6. The number of aromatic nitrogens is 1. The van der Waals surface area contributed by atoms with E-state index in [0.717, 1.165) is 43.2 Å². The molecular weight excluding hydrogens is 462 g/mol. The summed E-state index contributed by atoms with van der Waals surface area (Å²) in [5, 5.41) is 0.145. The zero-order chi connectivity index (χ0) is 23.0. The van der Waals surface area contributed by atoms with Crippen LogP contribution in [0.3, 0.4) is 0 Å². The first-order chi connectivity index (χ1) is 15.9. The first-order valence-corrected chi connectivity index (χ1v) is 13.2. The van der Waals surface area contributed by atoms with Gasteiger partial charge < -0.3 is 9.32 Å². The number of nitrogens with zero attached hydrogens (tertiary/aromatic N) is 3. The molecule has 9 heteroatoms. The van der Waals surface area contributed by atoms with Gasteiger partial charge in [-0.05, 0) is 56.0 Å². The summed E-state index contributed by atoms with van der Waals surface area (Å²) in [5.41, 5.74) is 1.96. The Morgan fingerprint density at radius 1 is 1.00 bits per heavy atom. The van der Waals surface area contributed by atoms with E-state index < -0.39 is 10.0 Å². The van der Waals surface area contributed by atoms with Crippen LogP contribution in [0.15, 0.2) is 51.8 Å². The largest absolute Gasteiger partial charge is 0.440 e. The zero-order valence-electron chi connectivity index (χ0n) is 18.2. The summed E-state index contributed by atoms with van der Waals surface area (Å²) in [6.07, 6.45) is 4.18. The molecule has 0 bridgehead atoms. The topological polar surface area (TPSA) is 83.7 Å². The third kappa shape index (κ3) is 4.39. The number of benzene rings is 2. The summed E-state index contributed by atoms with van der Waals surface area (Å²) in [6, 6.07) is 12.2. The summed E-state index contributed by atoms with van der Waals surface area (Å²) < 4.78 is 33.6. The fourth-order valence-corrected chi connectivity index (χ4v) is 6.67. The number of hydrogen-bond donors (Lipinski definition) is 0. The Morgan fingerprint density at radius 2 is 1.73 bits per heavy atom. The van der Waals surface area contributed by atoms with Crippen LogP contribution in [0.4, 0.5) is 0 Å². The molecule has 33 heavy (non-hydrogen) atoms. The lowest BCUT2D eigenvalue weighted by molar-refractivity contribution is 0.0706. The number of rotatable bonds is 4. The molecule has 3 heterocycles. The Labute approximate surface area is 198 Å². The van der Waals surface area contributed by atoms with Gasteiger partial charge in [-0.3, -0.25) is 4.79 Å². The monoisotopic (exact) mass is 487 g/mol. The first kappa shape index (κ1) is 22.4. The van der Waals surface area contributed by atoms with Gasteiger partial charge in [0.25, 0.3) is 5.91 Å². The van der Waals surface area contributed by atoms with Crippen LogP contribution >= 0.6 is 11.6 Å². The number of likely N-dealkylation sites (tertiary alicyclic amines) is 1. The first-order valence-electron chi connectivity index (χ1n) is 11.4. The number of halogens is 1. The molecule has 0 aliphatic carbocycles. The van der Waals surface area contributed by atoms with Gasteiger partial charge in [-0.15, -0.1) is 0 Å². The summed E-state index contributed by atoms with van der Waals surface area (Å²) in [5.74, 6) is 0.684. The molecule has 0 radical (unpaired) electrons. The van der Waals surface area contributed by atoms with Gasteiger partial charge in [0.15, 0.2) is 11.5 Å². The molecule has 1 amide bonds. The fraction of sp³-hybridized carbons (Fsp3) is 0.417. The Kier molecular flexibility index (Phi) is 6.16. The molecule has 0 spiro atoms. The molecule has 0 atom stereocenters. The van der Waals surface area contributed by atoms with Crippen LogP contribution in [0.5, 0.6) is 0 Å². The van der Waals surface area contributed by atoms with Crippen LogP contribution in [0.1, 0.15) is 54.3 Å². The Hall–Kier alpha value is -2.42. The highest BCUT2D eigenvalue weighted by molar-refractivity contribution is 7.89. The average Bonchev–Trinajstić information content (AvgIpc) is 3.29. The van der Waals surface area contributed by atoms with Gasteiger partial charge in [-0.2, -0.15) is 4.31 Å². The van der Waals surface area contributed by atoms with Crippen molar-refractivity contribution in [3.63, 3.8) is 0 Å². The zero-order valence-corrected chi connectivity index (χ0v) is 19.8. The molecule has 2 fully saturated rings. The molecular formula is C24H26ClN3O4S. The molecule has 0 saturated carbocycles. The van der Waals surface area contributed by atoms with E-state index in [1.165, 1.54) is 16.4 Å². The normalized spacial score (nSPS) is 18.6. The Balaban J connectivity index is 1.30. The lowest BCUT2D eigenvalue weighted by Crippen LogP contribution is -2.38. The molecule has 0 N–H and O–H groups in total. The van der Waals surface area contributed by atoms with Crippen molar-refractivity contribution in [2.45, 2.75) is 42.9 Å². The van der Waals surface area contributed by atoms with Crippen molar-refractivity contribution in [3.8, 4) is 0 Å². The summed E-state index contributed by atoms with van der Waals surface area (Å²) in [7, 11) is -3.73. The number of carbonyl (C=O) groups excluding carboxylic acids is 1. The minimum absolute atomic E-state index is 0.0123. The van der Waals surface area contributed by atoms with E-state index >= 15 is 0 Å². The number of sulfonamides is 1. The van der Waals surface area contributed by atoms with Gasteiger partial charge in [0.2, 0.25) is 10.0 Å². The van der Waals surface area contributed by atoms with Crippen molar-refractivity contribution in [2.24, 2.45) is 0 Å². The van der Waals surface area contributed by atoms with Crippen LogP contribution < -0.4 is 0 Å². The number of piperidine rings is 2. The molecule has 2 saturated heterocycles.